The Balaban J connectivity index is 2.33. The number of aromatic hydroxyl groups is 1. The zero-order valence-corrected chi connectivity index (χ0v) is 9.06. The van der Waals surface area contributed by atoms with E-state index in [1.54, 1.807) is 24.7 Å². The topological polar surface area (TPSA) is 61.8 Å². The molecule has 4 nitrogen and oxygen atoms in total. The van der Waals surface area contributed by atoms with Crippen LogP contribution < -0.4 is 0 Å². The van der Waals surface area contributed by atoms with Crippen LogP contribution in [-0.2, 0) is 5.41 Å². The highest BCUT2D eigenvalue weighted by molar-refractivity contribution is 5.34. The molecule has 0 radical (unpaired) electrons. The molecule has 1 aliphatic carbocycles. The van der Waals surface area contributed by atoms with Gasteiger partial charge >= 0.3 is 0 Å². The quantitative estimate of drug-likeness (QED) is 0.804. The monoisotopic (exact) mass is 205 g/mol. The van der Waals surface area contributed by atoms with Gasteiger partial charge in [0.25, 0.3) is 0 Å². The maximum atomic E-state index is 9.73. The van der Waals surface area contributed by atoms with Crippen molar-refractivity contribution in [3.8, 4) is 11.8 Å². The molecule has 4 heteroatoms. The lowest BCUT2D eigenvalue weighted by Crippen LogP contribution is -2.20. The van der Waals surface area contributed by atoms with Gasteiger partial charge in [0.15, 0.2) is 5.75 Å². The third-order valence-corrected chi connectivity index (χ3v) is 3.03. The molecule has 15 heavy (non-hydrogen) atoms. The van der Waals surface area contributed by atoms with Crippen LogP contribution in [0.3, 0.4) is 0 Å². The highest BCUT2D eigenvalue weighted by Crippen LogP contribution is 2.35. The third kappa shape index (κ3) is 1.58. The van der Waals surface area contributed by atoms with E-state index in [4.69, 9.17) is 5.26 Å². The van der Waals surface area contributed by atoms with Crippen LogP contribution in [0, 0.1) is 11.3 Å². The Bertz CT molecular complexity index is 410. The SMILES string of the molecule is CC(C)(C#N)c1nn(C2CCC2)cc1O. The zero-order valence-electron chi connectivity index (χ0n) is 9.06. The van der Waals surface area contributed by atoms with E-state index in [0.29, 0.717) is 11.7 Å². The van der Waals surface area contributed by atoms with Crippen LogP contribution in [0.5, 0.6) is 5.75 Å². The van der Waals surface area contributed by atoms with E-state index in [9.17, 15) is 5.11 Å². The Morgan fingerprint density at radius 3 is 2.73 bits per heavy atom. The minimum Gasteiger partial charge on any atom is -0.504 e. The summed E-state index contributed by atoms with van der Waals surface area (Å²) in [5, 5.41) is 23.0. The maximum absolute atomic E-state index is 9.73. The number of aromatic nitrogens is 2. The van der Waals surface area contributed by atoms with Gasteiger partial charge in [-0.25, -0.2) is 0 Å². The molecule has 0 amide bonds. The molecular weight excluding hydrogens is 190 g/mol. The van der Waals surface area contributed by atoms with Crippen molar-refractivity contribution in [2.24, 2.45) is 0 Å². The van der Waals surface area contributed by atoms with Crippen LogP contribution >= 0.6 is 0 Å². The summed E-state index contributed by atoms with van der Waals surface area (Å²) in [6.07, 6.45) is 5.10. The first kappa shape index (κ1) is 10.0. The highest BCUT2D eigenvalue weighted by atomic mass is 16.3. The summed E-state index contributed by atoms with van der Waals surface area (Å²) in [5.41, 5.74) is -0.240. The molecule has 0 saturated heterocycles. The summed E-state index contributed by atoms with van der Waals surface area (Å²) in [6, 6.07) is 2.57. The third-order valence-electron chi connectivity index (χ3n) is 3.03. The number of rotatable bonds is 2. The van der Waals surface area contributed by atoms with Gasteiger partial charge in [-0.1, -0.05) is 0 Å². The lowest BCUT2D eigenvalue weighted by atomic mass is 9.91. The summed E-state index contributed by atoms with van der Waals surface area (Å²) in [6.45, 7) is 3.53. The molecule has 0 bridgehead atoms. The standard InChI is InChI=1S/C11H15N3O/c1-11(2,7-12)10-9(15)6-14(13-10)8-4-3-5-8/h6,8,15H,3-5H2,1-2H3. The predicted octanol–water partition coefficient (Wildman–Crippen LogP) is 2.11. The van der Waals surface area contributed by atoms with Crippen LogP contribution in [0.15, 0.2) is 6.20 Å². The average molecular weight is 205 g/mol. The minimum absolute atomic E-state index is 0.133. The highest BCUT2D eigenvalue weighted by Gasteiger charge is 2.29. The normalized spacial score (nSPS) is 17.1. The van der Waals surface area contributed by atoms with Crippen molar-refractivity contribution in [3.63, 3.8) is 0 Å². The molecule has 0 unspecified atom stereocenters. The van der Waals surface area contributed by atoms with Gasteiger partial charge in [0.05, 0.1) is 23.7 Å². The minimum atomic E-state index is -0.723. The molecule has 1 N–H and O–H groups in total. The van der Waals surface area contributed by atoms with Gasteiger partial charge in [-0.2, -0.15) is 10.4 Å². The van der Waals surface area contributed by atoms with Crippen LogP contribution in [0.25, 0.3) is 0 Å². The zero-order chi connectivity index (χ0) is 11.1. The molecule has 0 atom stereocenters. The van der Waals surface area contributed by atoms with Gasteiger partial charge in [-0.15, -0.1) is 0 Å². The lowest BCUT2D eigenvalue weighted by molar-refractivity contribution is 0.286. The van der Waals surface area contributed by atoms with E-state index in [2.05, 4.69) is 11.2 Å². The average Bonchev–Trinajstić information content (AvgIpc) is 2.45. The molecule has 0 spiro atoms. The van der Waals surface area contributed by atoms with Crippen molar-refractivity contribution in [1.29, 1.82) is 5.26 Å². The number of nitrogens with zero attached hydrogens (tertiary/aromatic N) is 3. The largest absolute Gasteiger partial charge is 0.504 e. The van der Waals surface area contributed by atoms with E-state index < -0.39 is 5.41 Å². The predicted molar refractivity (Wildman–Crippen MR) is 55.4 cm³/mol. The first-order valence-corrected chi connectivity index (χ1v) is 5.24. The Morgan fingerprint density at radius 1 is 1.60 bits per heavy atom. The second-order valence-electron chi connectivity index (χ2n) is 4.66. The summed E-state index contributed by atoms with van der Waals surface area (Å²) in [5.74, 6) is 0.133. The molecule has 1 aromatic heterocycles. The molecule has 80 valence electrons. The van der Waals surface area contributed by atoms with Crippen LogP contribution in [0.1, 0.15) is 44.8 Å². The van der Waals surface area contributed by atoms with E-state index in [0.717, 1.165) is 12.8 Å². The fourth-order valence-electron chi connectivity index (χ4n) is 1.72. The van der Waals surface area contributed by atoms with Gasteiger partial charge in [0, 0.05) is 0 Å². The Kier molecular flexibility index (Phi) is 2.18. The van der Waals surface area contributed by atoms with Crippen molar-refractivity contribution >= 4 is 0 Å². The van der Waals surface area contributed by atoms with Gasteiger partial charge in [0.2, 0.25) is 0 Å². The Hall–Kier alpha value is -1.50. The van der Waals surface area contributed by atoms with Crippen LogP contribution in [-0.4, -0.2) is 14.9 Å². The number of hydrogen-bond acceptors (Lipinski definition) is 3. The summed E-state index contributed by atoms with van der Waals surface area (Å²) < 4.78 is 1.80. The molecular formula is C11H15N3O. The lowest BCUT2D eigenvalue weighted by Gasteiger charge is -2.25. The van der Waals surface area contributed by atoms with Crippen molar-refractivity contribution in [3.05, 3.63) is 11.9 Å². The van der Waals surface area contributed by atoms with Gasteiger partial charge < -0.3 is 5.11 Å². The van der Waals surface area contributed by atoms with Crippen molar-refractivity contribution in [1.82, 2.24) is 9.78 Å². The van der Waals surface area contributed by atoms with Crippen LogP contribution in [0.4, 0.5) is 0 Å². The second-order valence-corrected chi connectivity index (χ2v) is 4.66. The molecule has 1 aromatic rings. The smallest absolute Gasteiger partial charge is 0.158 e. The van der Waals surface area contributed by atoms with Crippen LogP contribution in [0.2, 0.25) is 0 Å². The van der Waals surface area contributed by atoms with E-state index >= 15 is 0 Å². The second kappa shape index (κ2) is 3.27. The van der Waals surface area contributed by atoms with E-state index in [-0.39, 0.29) is 5.75 Å². The number of nitriles is 1. The van der Waals surface area contributed by atoms with E-state index in [1.807, 2.05) is 0 Å². The summed E-state index contributed by atoms with van der Waals surface area (Å²) >= 11 is 0. The molecule has 1 aliphatic rings. The van der Waals surface area contributed by atoms with Gasteiger partial charge in [-0.3, -0.25) is 4.68 Å². The first-order chi connectivity index (χ1) is 7.04. The van der Waals surface area contributed by atoms with E-state index in [1.165, 1.54) is 6.42 Å². The van der Waals surface area contributed by atoms with Gasteiger partial charge in [0.1, 0.15) is 5.69 Å². The van der Waals surface area contributed by atoms with Crippen molar-refractivity contribution < 1.29 is 5.11 Å². The molecule has 0 aromatic carbocycles. The molecule has 1 saturated carbocycles. The summed E-state index contributed by atoms with van der Waals surface area (Å²) in [7, 11) is 0. The van der Waals surface area contributed by atoms with Crippen molar-refractivity contribution in [2.75, 3.05) is 0 Å². The Morgan fingerprint density at radius 2 is 2.27 bits per heavy atom. The summed E-state index contributed by atoms with van der Waals surface area (Å²) in [4.78, 5) is 0. The molecule has 1 heterocycles. The fourth-order valence-corrected chi connectivity index (χ4v) is 1.72. The molecule has 2 rings (SSSR count). The maximum Gasteiger partial charge on any atom is 0.158 e. The molecule has 1 fully saturated rings. The Labute approximate surface area is 89.1 Å². The molecule has 0 aliphatic heterocycles. The van der Waals surface area contributed by atoms with Crippen molar-refractivity contribution in [2.45, 2.75) is 44.6 Å². The van der Waals surface area contributed by atoms with Gasteiger partial charge in [-0.05, 0) is 33.1 Å². The fraction of sp³-hybridized carbons (Fsp3) is 0.636. The first-order valence-electron chi connectivity index (χ1n) is 5.24. The number of hydrogen-bond donors (Lipinski definition) is 1.